The highest BCUT2D eigenvalue weighted by molar-refractivity contribution is 7.99. The molecule has 0 aliphatic carbocycles. The molecule has 0 saturated heterocycles. The molecule has 26 heavy (non-hydrogen) atoms. The first-order valence-corrected chi connectivity index (χ1v) is 10.3. The van der Waals surface area contributed by atoms with Gasteiger partial charge in [-0.1, -0.05) is 41.6 Å². The van der Waals surface area contributed by atoms with Crippen molar-refractivity contribution >= 4 is 41.0 Å². The van der Waals surface area contributed by atoms with E-state index in [0.717, 1.165) is 21.4 Å². The molecule has 0 fully saturated rings. The minimum absolute atomic E-state index is 0.0192. The van der Waals surface area contributed by atoms with Crippen molar-refractivity contribution in [1.82, 2.24) is 20.1 Å². The summed E-state index contributed by atoms with van der Waals surface area (Å²) >= 11 is 8.91. The van der Waals surface area contributed by atoms with E-state index in [4.69, 9.17) is 11.6 Å². The number of rotatable bonds is 8. The van der Waals surface area contributed by atoms with Crippen LogP contribution < -0.4 is 5.32 Å². The van der Waals surface area contributed by atoms with Crippen LogP contribution in [0.2, 0.25) is 5.02 Å². The van der Waals surface area contributed by atoms with Gasteiger partial charge >= 0.3 is 0 Å². The van der Waals surface area contributed by atoms with Crippen LogP contribution in [0, 0.1) is 0 Å². The number of hydrogen-bond donors (Lipinski definition) is 1. The van der Waals surface area contributed by atoms with Crippen molar-refractivity contribution < 1.29 is 4.79 Å². The maximum absolute atomic E-state index is 12.0. The van der Waals surface area contributed by atoms with E-state index in [9.17, 15) is 4.79 Å². The smallest absolute Gasteiger partial charge is 0.230 e. The van der Waals surface area contributed by atoms with Crippen molar-refractivity contribution in [1.29, 1.82) is 0 Å². The molecule has 0 bridgehead atoms. The van der Waals surface area contributed by atoms with Gasteiger partial charge in [-0.15, -0.1) is 22.0 Å². The molecule has 1 amide bonds. The number of nitrogens with one attached hydrogen (secondary N) is 1. The standard InChI is InChI=1S/C18H17ClN4OS2/c19-14-6-8-16(9-7-14)25-11-10-20-17(24)12-26-18-22-21-13-23(18)15-4-2-1-3-5-15/h1-9,13H,10-12H2,(H,20,24). The maximum Gasteiger partial charge on any atom is 0.230 e. The van der Waals surface area contributed by atoms with Crippen LogP contribution in [0.4, 0.5) is 0 Å². The Balaban J connectivity index is 1.41. The minimum atomic E-state index is -0.0192. The largest absolute Gasteiger partial charge is 0.355 e. The molecule has 1 heterocycles. The number of aromatic nitrogens is 3. The molecule has 134 valence electrons. The zero-order valence-electron chi connectivity index (χ0n) is 13.8. The van der Waals surface area contributed by atoms with Crippen LogP contribution >= 0.6 is 35.1 Å². The highest BCUT2D eigenvalue weighted by atomic mass is 35.5. The third-order valence-electron chi connectivity index (χ3n) is 3.39. The van der Waals surface area contributed by atoms with Gasteiger partial charge in [0, 0.05) is 27.9 Å². The van der Waals surface area contributed by atoms with Crippen molar-refractivity contribution in [2.45, 2.75) is 10.1 Å². The second-order valence-corrected chi connectivity index (χ2v) is 7.81. The van der Waals surface area contributed by atoms with Crippen LogP contribution in [-0.4, -0.2) is 38.7 Å². The number of carbonyl (C=O) groups excluding carboxylic acids is 1. The van der Waals surface area contributed by atoms with Crippen LogP contribution in [-0.2, 0) is 4.79 Å². The summed E-state index contributed by atoms with van der Waals surface area (Å²) in [6.45, 7) is 0.609. The second-order valence-electron chi connectivity index (χ2n) is 5.26. The van der Waals surface area contributed by atoms with Gasteiger partial charge in [-0.2, -0.15) is 0 Å². The molecule has 0 radical (unpaired) electrons. The third kappa shape index (κ3) is 5.52. The van der Waals surface area contributed by atoms with E-state index < -0.39 is 0 Å². The van der Waals surface area contributed by atoms with E-state index in [0.29, 0.717) is 17.5 Å². The lowest BCUT2D eigenvalue weighted by Gasteiger charge is -2.07. The summed E-state index contributed by atoms with van der Waals surface area (Å²) in [5.41, 5.74) is 0.972. The number of para-hydroxylation sites is 1. The fourth-order valence-corrected chi connectivity index (χ4v) is 3.81. The zero-order valence-corrected chi connectivity index (χ0v) is 16.2. The highest BCUT2D eigenvalue weighted by Crippen LogP contribution is 2.20. The maximum atomic E-state index is 12.0. The Labute approximate surface area is 165 Å². The van der Waals surface area contributed by atoms with E-state index in [1.165, 1.54) is 11.8 Å². The number of amides is 1. The van der Waals surface area contributed by atoms with Crippen molar-refractivity contribution in [3.63, 3.8) is 0 Å². The van der Waals surface area contributed by atoms with Gasteiger partial charge in [-0.05, 0) is 36.4 Å². The lowest BCUT2D eigenvalue weighted by atomic mass is 10.3. The fourth-order valence-electron chi connectivity index (χ4n) is 2.16. The van der Waals surface area contributed by atoms with Crippen LogP contribution in [0.15, 0.2) is 71.0 Å². The Morgan fingerprint density at radius 2 is 1.85 bits per heavy atom. The molecule has 8 heteroatoms. The van der Waals surface area contributed by atoms with Gasteiger partial charge < -0.3 is 5.32 Å². The second kappa shape index (κ2) is 9.66. The number of nitrogens with zero attached hydrogens (tertiary/aromatic N) is 3. The van der Waals surface area contributed by atoms with Gasteiger partial charge in [0.05, 0.1) is 5.75 Å². The molecular weight excluding hydrogens is 388 g/mol. The van der Waals surface area contributed by atoms with Gasteiger partial charge in [-0.3, -0.25) is 9.36 Å². The summed E-state index contributed by atoms with van der Waals surface area (Å²) < 4.78 is 1.87. The predicted molar refractivity (Wildman–Crippen MR) is 107 cm³/mol. The van der Waals surface area contributed by atoms with Crippen molar-refractivity contribution in [2.75, 3.05) is 18.1 Å². The van der Waals surface area contributed by atoms with E-state index in [1.54, 1.807) is 18.1 Å². The average molecular weight is 405 g/mol. The molecule has 0 aliphatic heterocycles. The Kier molecular flexibility index (Phi) is 6.99. The Bertz CT molecular complexity index is 840. The van der Waals surface area contributed by atoms with Gasteiger partial charge in [0.2, 0.25) is 5.91 Å². The first kappa shape index (κ1) is 18.8. The highest BCUT2D eigenvalue weighted by Gasteiger charge is 2.09. The van der Waals surface area contributed by atoms with E-state index >= 15 is 0 Å². The van der Waals surface area contributed by atoms with Crippen molar-refractivity contribution in [3.05, 3.63) is 65.9 Å². The molecule has 0 unspecified atom stereocenters. The minimum Gasteiger partial charge on any atom is -0.355 e. The number of hydrogen-bond acceptors (Lipinski definition) is 5. The molecule has 1 aromatic heterocycles. The number of carbonyl (C=O) groups is 1. The van der Waals surface area contributed by atoms with E-state index in [2.05, 4.69) is 15.5 Å². The van der Waals surface area contributed by atoms with Gasteiger partial charge in [0.15, 0.2) is 5.16 Å². The topological polar surface area (TPSA) is 59.8 Å². The molecular formula is C18H17ClN4OS2. The van der Waals surface area contributed by atoms with Gasteiger partial charge in [0.25, 0.3) is 0 Å². The molecule has 2 aromatic carbocycles. The van der Waals surface area contributed by atoms with Crippen molar-refractivity contribution in [2.24, 2.45) is 0 Å². The fraction of sp³-hybridized carbons (Fsp3) is 0.167. The molecule has 5 nitrogen and oxygen atoms in total. The van der Waals surface area contributed by atoms with E-state index in [1.807, 2.05) is 59.2 Å². The molecule has 0 saturated carbocycles. The average Bonchev–Trinajstić information content (AvgIpc) is 3.14. The SMILES string of the molecule is O=C(CSc1nncn1-c1ccccc1)NCCSc1ccc(Cl)cc1. The van der Waals surface area contributed by atoms with Crippen molar-refractivity contribution in [3.8, 4) is 5.69 Å². The van der Waals surface area contributed by atoms with Crippen LogP contribution in [0.5, 0.6) is 0 Å². The summed E-state index contributed by atoms with van der Waals surface area (Å²) in [7, 11) is 0. The lowest BCUT2D eigenvalue weighted by molar-refractivity contribution is -0.118. The number of halogens is 1. The third-order valence-corrected chi connectivity index (χ3v) is 5.60. The summed E-state index contributed by atoms with van der Waals surface area (Å²) in [5, 5.41) is 12.4. The van der Waals surface area contributed by atoms with E-state index in [-0.39, 0.29) is 5.91 Å². The first-order chi connectivity index (χ1) is 12.7. The summed E-state index contributed by atoms with van der Waals surface area (Å²) in [5.74, 6) is 1.09. The normalized spacial score (nSPS) is 10.7. The monoisotopic (exact) mass is 404 g/mol. The molecule has 3 rings (SSSR count). The summed E-state index contributed by atoms with van der Waals surface area (Å²) in [6, 6.07) is 17.5. The predicted octanol–water partition coefficient (Wildman–Crippen LogP) is 3.92. The molecule has 3 aromatic rings. The Hall–Kier alpha value is -1.96. The Morgan fingerprint density at radius 3 is 2.62 bits per heavy atom. The van der Waals surface area contributed by atoms with Gasteiger partial charge in [-0.25, -0.2) is 0 Å². The molecule has 0 atom stereocenters. The van der Waals surface area contributed by atoms with Crippen LogP contribution in [0.3, 0.4) is 0 Å². The molecule has 0 spiro atoms. The summed E-state index contributed by atoms with van der Waals surface area (Å²) in [4.78, 5) is 13.2. The van der Waals surface area contributed by atoms with Gasteiger partial charge in [0.1, 0.15) is 6.33 Å². The first-order valence-electron chi connectivity index (χ1n) is 7.96. The number of thioether (sulfide) groups is 2. The summed E-state index contributed by atoms with van der Waals surface area (Å²) in [6.07, 6.45) is 1.65. The molecule has 0 aliphatic rings. The quantitative estimate of drug-likeness (QED) is 0.455. The lowest BCUT2D eigenvalue weighted by Crippen LogP contribution is -2.27. The number of benzene rings is 2. The van der Waals surface area contributed by atoms with Crippen LogP contribution in [0.25, 0.3) is 5.69 Å². The Morgan fingerprint density at radius 1 is 1.08 bits per heavy atom. The van der Waals surface area contributed by atoms with Crippen LogP contribution in [0.1, 0.15) is 0 Å². The zero-order chi connectivity index (χ0) is 18.2. The molecule has 1 N–H and O–H groups in total.